The summed E-state index contributed by atoms with van der Waals surface area (Å²) in [6.07, 6.45) is 14.9. The number of ether oxygens (including phenoxy) is 1. The van der Waals surface area contributed by atoms with Gasteiger partial charge in [0.25, 0.3) is 0 Å². The highest BCUT2D eigenvalue weighted by atomic mass is 16.5. The van der Waals surface area contributed by atoms with Crippen LogP contribution in [0.15, 0.2) is 70.6 Å². The molecule has 0 aromatic heterocycles. The Bertz CT molecular complexity index is 898. The minimum absolute atomic E-state index is 0.119. The fourth-order valence-corrected chi connectivity index (χ4v) is 3.96. The van der Waals surface area contributed by atoms with Crippen molar-refractivity contribution in [2.45, 2.75) is 65.4 Å². The summed E-state index contributed by atoms with van der Waals surface area (Å²) in [7, 11) is 0. The maximum atomic E-state index is 12.4. The molecule has 2 heteroatoms. The van der Waals surface area contributed by atoms with E-state index in [1.165, 1.54) is 5.57 Å². The molecule has 0 aromatic rings. The lowest BCUT2D eigenvalue weighted by atomic mass is 9.81. The lowest BCUT2D eigenvalue weighted by molar-refractivity contribution is -0.114. The summed E-state index contributed by atoms with van der Waals surface area (Å²) in [6.45, 7) is 12.3. The predicted molar refractivity (Wildman–Crippen MR) is 115 cm³/mol. The Labute approximate surface area is 169 Å². The number of carbonyl (C=O) groups is 1. The van der Waals surface area contributed by atoms with Crippen LogP contribution in [0, 0.1) is 17.8 Å². The fraction of sp³-hybridized carbons (Fsp3) is 0.423. The molecule has 3 aliphatic rings. The van der Waals surface area contributed by atoms with Gasteiger partial charge in [-0.05, 0) is 82.2 Å². The third kappa shape index (κ3) is 4.65. The molecular weight excluding hydrogens is 344 g/mol. The van der Waals surface area contributed by atoms with Gasteiger partial charge in [-0.1, -0.05) is 30.7 Å². The predicted octanol–water partition coefficient (Wildman–Crippen LogP) is 6.15. The van der Waals surface area contributed by atoms with Gasteiger partial charge in [-0.15, -0.1) is 5.92 Å². The standard InChI is InChI=1S/C26H30O2/c1-6-10-22-18(2)11-7-8-12-23(22)19-15-20(24-13-9-14-25(24)27)17-21(16-19)28-26(3,4)5/h8,12-13,16-17,19H,2,7,9,11,14-15H2,1,3-5H3. The first-order chi connectivity index (χ1) is 13.3. The molecule has 0 fully saturated rings. The molecule has 2 nitrogen and oxygen atoms in total. The number of rotatable bonds is 3. The van der Waals surface area contributed by atoms with Crippen molar-refractivity contribution in [1.82, 2.24) is 0 Å². The Hall–Kier alpha value is -2.53. The largest absolute Gasteiger partial charge is 0.488 e. The zero-order valence-electron chi connectivity index (χ0n) is 17.5. The average Bonchev–Trinajstić information content (AvgIpc) is 2.95. The first kappa shape index (κ1) is 20.2. The highest BCUT2D eigenvalue weighted by Gasteiger charge is 2.28. The number of allylic oxidation sites excluding steroid dienone is 10. The molecule has 0 amide bonds. The topological polar surface area (TPSA) is 26.3 Å². The van der Waals surface area contributed by atoms with Crippen LogP contribution in [0.3, 0.4) is 0 Å². The molecule has 0 radical (unpaired) electrons. The van der Waals surface area contributed by atoms with E-state index in [1.54, 1.807) is 0 Å². The Morgan fingerprint density at radius 1 is 1.21 bits per heavy atom. The quantitative estimate of drug-likeness (QED) is 0.554. The number of ketones is 1. The van der Waals surface area contributed by atoms with Crippen molar-refractivity contribution in [3.8, 4) is 11.8 Å². The molecule has 0 N–H and O–H groups in total. The summed E-state index contributed by atoms with van der Waals surface area (Å²) in [5, 5.41) is 0. The number of hydrogen-bond acceptors (Lipinski definition) is 2. The van der Waals surface area contributed by atoms with E-state index in [1.807, 2.05) is 27.7 Å². The van der Waals surface area contributed by atoms with E-state index in [0.717, 1.165) is 53.7 Å². The minimum Gasteiger partial charge on any atom is -0.488 e. The second-order valence-electron chi connectivity index (χ2n) is 8.59. The van der Waals surface area contributed by atoms with Crippen LogP contribution in [0.2, 0.25) is 0 Å². The summed E-state index contributed by atoms with van der Waals surface area (Å²) >= 11 is 0. The van der Waals surface area contributed by atoms with Gasteiger partial charge in [-0.2, -0.15) is 0 Å². The highest BCUT2D eigenvalue weighted by Crippen LogP contribution is 2.39. The van der Waals surface area contributed by atoms with Gasteiger partial charge < -0.3 is 4.74 Å². The third-order valence-corrected chi connectivity index (χ3v) is 5.11. The zero-order valence-corrected chi connectivity index (χ0v) is 17.5. The number of Topliss-reactive ketones (excluding diaryl/α,β-unsaturated/α-hetero) is 1. The summed E-state index contributed by atoms with van der Waals surface area (Å²) in [6, 6.07) is 0. The van der Waals surface area contributed by atoms with Crippen LogP contribution >= 0.6 is 0 Å². The van der Waals surface area contributed by atoms with Crippen molar-refractivity contribution in [2.24, 2.45) is 5.92 Å². The molecule has 0 aromatic carbocycles. The molecule has 1 unspecified atom stereocenters. The Morgan fingerprint density at radius 2 is 2.00 bits per heavy atom. The monoisotopic (exact) mass is 374 g/mol. The van der Waals surface area contributed by atoms with E-state index in [4.69, 9.17) is 4.74 Å². The summed E-state index contributed by atoms with van der Waals surface area (Å²) < 4.78 is 6.22. The van der Waals surface area contributed by atoms with Gasteiger partial charge in [-0.25, -0.2) is 0 Å². The molecule has 0 heterocycles. The smallest absolute Gasteiger partial charge is 0.163 e. The van der Waals surface area contributed by atoms with Gasteiger partial charge in [0, 0.05) is 23.5 Å². The van der Waals surface area contributed by atoms with E-state index >= 15 is 0 Å². The second kappa shape index (κ2) is 8.23. The maximum absolute atomic E-state index is 12.4. The zero-order chi connectivity index (χ0) is 20.3. The molecule has 146 valence electrons. The van der Waals surface area contributed by atoms with Gasteiger partial charge in [0.05, 0.1) is 0 Å². The van der Waals surface area contributed by atoms with Crippen LogP contribution in [0.25, 0.3) is 0 Å². The molecule has 28 heavy (non-hydrogen) atoms. The first-order valence-corrected chi connectivity index (χ1v) is 10.2. The van der Waals surface area contributed by atoms with Gasteiger partial charge in [-0.3, -0.25) is 4.79 Å². The average molecular weight is 375 g/mol. The molecule has 3 aliphatic carbocycles. The van der Waals surface area contributed by atoms with E-state index in [2.05, 4.69) is 48.8 Å². The molecule has 0 saturated heterocycles. The summed E-state index contributed by atoms with van der Waals surface area (Å²) in [5.41, 5.74) is 4.96. The van der Waals surface area contributed by atoms with Crippen molar-refractivity contribution < 1.29 is 9.53 Å². The van der Waals surface area contributed by atoms with Gasteiger partial charge in [0.1, 0.15) is 11.4 Å². The number of carbonyl (C=O) groups excluding carboxylic acids is 1. The lowest BCUT2D eigenvalue weighted by Gasteiger charge is -2.28. The molecule has 0 spiro atoms. The van der Waals surface area contributed by atoms with E-state index < -0.39 is 0 Å². The Balaban J connectivity index is 2.07. The minimum atomic E-state index is -0.299. The highest BCUT2D eigenvalue weighted by molar-refractivity contribution is 6.01. The van der Waals surface area contributed by atoms with Crippen LogP contribution in [0.1, 0.15) is 59.8 Å². The molecule has 1 atom stereocenters. The first-order valence-electron chi connectivity index (χ1n) is 10.2. The molecular formula is C26H30O2. The van der Waals surface area contributed by atoms with Crippen LogP contribution in [-0.2, 0) is 9.53 Å². The molecule has 0 bridgehead atoms. The molecule has 3 rings (SSSR count). The van der Waals surface area contributed by atoms with Crippen LogP contribution < -0.4 is 0 Å². The van der Waals surface area contributed by atoms with Gasteiger partial charge in [0.2, 0.25) is 0 Å². The van der Waals surface area contributed by atoms with Crippen LogP contribution in [0.5, 0.6) is 0 Å². The van der Waals surface area contributed by atoms with Crippen molar-refractivity contribution in [3.05, 3.63) is 70.6 Å². The fourth-order valence-electron chi connectivity index (χ4n) is 3.96. The van der Waals surface area contributed by atoms with Crippen molar-refractivity contribution in [1.29, 1.82) is 0 Å². The second-order valence-corrected chi connectivity index (χ2v) is 8.59. The SMILES string of the molecule is C=C1CCC=CC(C2C=C(OC(C)(C)C)C=C(C3=CCCC3=O)C2)=C1C#CC. The molecule has 0 aliphatic heterocycles. The van der Waals surface area contributed by atoms with Crippen LogP contribution in [-0.4, -0.2) is 11.4 Å². The van der Waals surface area contributed by atoms with Gasteiger partial charge >= 0.3 is 0 Å². The summed E-state index contributed by atoms with van der Waals surface area (Å²) in [4.78, 5) is 12.4. The van der Waals surface area contributed by atoms with Crippen LogP contribution in [0.4, 0.5) is 0 Å². The van der Waals surface area contributed by atoms with E-state index in [-0.39, 0.29) is 17.3 Å². The Kier molecular flexibility index (Phi) is 5.94. The third-order valence-electron chi connectivity index (χ3n) is 5.11. The number of hydrogen-bond donors (Lipinski definition) is 0. The van der Waals surface area contributed by atoms with Crippen molar-refractivity contribution in [3.63, 3.8) is 0 Å². The van der Waals surface area contributed by atoms with E-state index in [0.29, 0.717) is 6.42 Å². The molecule has 0 saturated carbocycles. The maximum Gasteiger partial charge on any atom is 0.163 e. The van der Waals surface area contributed by atoms with Crippen molar-refractivity contribution >= 4 is 5.78 Å². The summed E-state index contributed by atoms with van der Waals surface area (Å²) in [5.74, 6) is 7.53. The van der Waals surface area contributed by atoms with Gasteiger partial charge in [0.15, 0.2) is 5.78 Å². The lowest BCUT2D eigenvalue weighted by Crippen LogP contribution is -2.21. The van der Waals surface area contributed by atoms with Crippen molar-refractivity contribution in [2.75, 3.05) is 0 Å². The van der Waals surface area contributed by atoms with E-state index in [9.17, 15) is 4.79 Å². The normalized spacial score (nSPS) is 22.9. The Morgan fingerprint density at radius 3 is 2.64 bits per heavy atom.